The molecule has 0 saturated heterocycles. The zero-order valence-corrected chi connectivity index (χ0v) is 12.0. The fourth-order valence-electron chi connectivity index (χ4n) is 2.16. The summed E-state index contributed by atoms with van der Waals surface area (Å²) in [6, 6.07) is 7.65. The fourth-order valence-corrected chi connectivity index (χ4v) is 2.88. The summed E-state index contributed by atoms with van der Waals surface area (Å²) in [6.45, 7) is 0.582. The molecule has 0 aromatic heterocycles. The van der Waals surface area contributed by atoms with Gasteiger partial charge in [-0.1, -0.05) is 18.2 Å². The lowest BCUT2D eigenvalue weighted by Crippen LogP contribution is -2.41. The molecule has 0 aliphatic carbocycles. The lowest BCUT2D eigenvalue weighted by Gasteiger charge is -2.29. The van der Waals surface area contributed by atoms with Crippen LogP contribution >= 0.6 is 0 Å². The van der Waals surface area contributed by atoms with Gasteiger partial charge in [-0.25, -0.2) is 12.7 Å². The van der Waals surface area contributed by atoms with Crippen molar-refractivity contribution in [2.45, 2.75) is 12.8 Å². The Hall–Kier alpha value is -1.40. The van der Waals surface area contributed by atoms with E-state index < -0.39 is 15.8 Å². The fraction of sp³-hybridized carbons (Fsp3) is 0.462. The number of hydrogen-bond donors (Lipinski definition) is 0. The third-order valence-corrected chi connectivity index (χ3v) is 5.00. The van der Waals surface area contributed by atoms with Gasteiger partial charge in [0.15, 0.2) is 0 Å². The molecular weight excluding hydrogens is 264 g/mol. The van der Waals surface area contributed by atoms with Crippen LogP contribution in [0.3, 0.4) is 0 Å². The molecule has 104 valence electrons. The van der Waals surface area contributed by atoms with Gasteiger partial charge in [-0.2, -0.15) is 0 Å². The summed E-state index contributed by atoms with van der Waals surface area (Å²) >= 11 is 0. The highest BCUT2D eigenvalue weighted by molar-refractivity contribution is 7.89. The van der Waals surface area contributed by atoms with E-state index in [1.165, 1.54) is 14.1 Å². The van der Waals surface area contributed by atoms with Crippen molar-refractivity contribution in [3.05, 3.63) is 29.8 Å². The summed E-state index contributed by atoms with van der Waals surface area (Å²) in [7, 11) is -0.633. The predicted octanol–water partition coefficient (Wildman–Crippen LogP) is 0.857. The SMILES string of the molecule is CN(C)S(=O)(=O)CC(=O)N1CCCc2ccccc21. The molecule has 1 heterocycles. The molecular formula is C13H18N2O3S. The minimum atomic E-state index is -3.51. The number of nitrogens with zero attached hydrogens (tertiary/aromatic N) is 2. The van der Waals surface area contributed by atoms with Gasteiger partial charge >= 0.3 is 0 Å². The number of para-hydroxylation sites is 1. The molecule has 2 rings (SSSR count). The van der Waals surface area contributed by atoms with E-state index in [0.29, 0.717) is 6.54 Å². The average Bonchev–Trinajstić information content (AvgIpc) is 2.37. The van der Waals surface area contributed by atoms with Crippen molar-refractivity contribution in [3.8, 4) is 0 Å². The summed E-state index contributed by atoms with van der Waals surface area (Å²) in [5, 5.41) is 0. The predicted molar refractivity (Wildman–Crippen MR) is 74.6 cm³/mol. The highest BCUT2D eigenvalue weighted by atomic mass is 32.2. The van der Waals surface area contributed by atoms with Gasteiger partial charge in [-0.05, 0) is 24.5 Å². The Balaban J connectivity index is 2.23. The Labute approximate surface area is 113 Å². The monoisotopic (exact) mass is 282 g/mol. The summed E-state index contributed by atoms with van der Waals surface area (Å²) in [4.78, 5) is 13.8. The third kappa shape index (κ3) is 2.96. The molecule has 1 aliphatic heterocycles. The second-order valence-corrected chi connectivity index (χ2v) is 7.00. The van der Waals surface area contributed by atoms with Gasteiger partial charge in [-0.15, -0.1) is 0 Å². The van der Waals surface area contributed by atoms with E-state index in [4.69, 9.17) is 0 Å². The van der Waals surface area contributed by atoms with E-state index in [1.807, 2.05) is 24.3 Å². The third-order valence-electron chi connectivity index (χ3n) is 3.27. The van der Waals surface area contributed by atoms with E-state index in [-0.39, 0.29) is 5.91 Å². The number of rotatable bonds is 3. The number of aryl methyl sites for hydroxylation is 1. The summed E-state index contributed by atoms with van der Waals surface area (Å²) in [5.74, 6) is -0.838. The maximum Gasteiger partial charge on any atom is 0.243 e. The second-order valence-electron chi connectivity index (χ2n) is 4.82. The lowest BCUT2D eigenvalue weighted by atomic mass is 10.0. The number of amides is 1. The van der Waals surface area contributed by atoms with Gasteiger partial charge in [0.25, 0.3) is 0 Å². The second kappa shape index (κ2) is 5.30. The molecule has 1 aromatic carbocycles. The maximum atomic E-state index is 12.2. The van der Waals surface area contributed by atoms with Gasteiger partial charge in [0.05, 0.1) is 0 Å². The van der Waals surface area contributed by atoms with E-state index >= 15 is 0 Å². The standard InChI is InChI=1S/C13H18N2O3S/c1-14(2)19(17,18)10-13(16)15-9-5-7-11-6-3-4-8-12(11)15/h3-4,6,8H,5,7,9-10H2,1-2H3. The van der Waals surface area contributed by atoms with Crippen molar-refractivity contribution < 1.29 is 13.2 Å². The Bertz CT molecular complexity index is 581. The highest BCUT2D eigenvalue weighted by Crippen LogP contribution is 2.26. The van der Waals surface area contributed by atoms with Gasteiger partial charge in [0, 0.05) is 26.3 Å². The number of sulfonamides is 1. The van der Waals surface area contributed by atoms with E-state index in [2.05, 4.69) is 0 Å². The molecule has 0 bridgehead atoms. The number of carbonyl (C=O) groups excluding carboxylic acids is 1. The van der Waals surface area contributed by atoms with Crippen LogP contribution in [0.25, 0.3) is 0 Å². The zero-order chi connectivity index (χ0) is 14.0. The van der Waals surface area contributed by atoms with Crippen LogP contribution in [0.5, 0.6) is 0 Å². The van der Waals surface area contributed by atoms with Crippen LogP contribution in [0.15, 0.2) is 24.3 Å². The summed E-state index contributed by atoms with van der Waals surface area (Å²) in [5.41, 5.74) is 1.94. The molecule has 0 N–H and O–H groups in total. The molecule has 0 saturated carbocycles. The van der Waals surface area contributed by atoms with Crippen LogP contribution in [0.2, 0.25) is 0 Å². The van der Waals surface area contributed by atoms with Gasteiger partial charge in [0.2, 0.25) is 15.9 Å². The molecule has 6 heteroatoms. The van der Waals surface area contributed by atoms with Crippen LogP contribution in [-0.4, -0.2) is 45.0 Å². The minimum Gasteiger partial charge on any atom is -0.311 e. The first-order valence-electron chi connectivity index (χ1n) is 6.20. The van der Waals surface area contributed by atoms with Crippen molar-refractivity contribution in [2.24, 2.45) is 0 Å². The van der Waals surface area contributed by atoms with Crippen molar-refractivity contribution in [3.63, 3.8) is 0 Å². The molecule has 1 aliphatic rings. The van der Waals surface area contributed by atoms with Crippen LogP contribution in [-0.2, 0) is 21.2 Å². The number of hydrogen-bond acceptors (Lipinski definition) is 3. The van der Waals surface area contributed by atoms with Crippen molar-refractivity contribution in [2.75, 3.05) is 31.3 Å². The minimum absolute atomic E-state index is 0.360. The molecule has 0 atom stereocenters. The number of carbonyl (C=O) groups is 1. The van der Waals surface area contributed by atoms with E-state index in [1.54, 1.807) is 4.90 Å². The highest BCUT2D eigenvalue weighted by Gasteiger charge is 2.27. The Morgan fingerprint density at radius 1 is 1.32 bits per heavy atom. The number of fused-ring (bicyclic) bond motifs is 1. The quantitative estimate of drug-likeness (QED) is 0.826. The lowest BCUT2D eigenvalue weighted by molar-refractivity contribution is -0.116. The number of anilines is 1. The molecule has 5 nitrogen and oxygen atoms in total. The first-order chi connectivity index (χ1) is 8.92. The van der Waals surface area contributed by atoms with Gasteiger partial charge in [0.1, 0.15) is 5.75 Å². The molecule has 19 heavy (non-hydrogen) atoms. The van der Waals surface area contributed by atoms with Crippen LogP contribution in [0, 0.1) is 0 Å². The van der Waals surface area contributed by atoms with Crippen LogP contribution in [0.1, 0.15) is 12.0 Å². The number of benzene rings is 1. The van der Waals surface area contributed by atoms with E-state index in [9.17, 15) is 13.2 Å². The van der Waals surface area contributed by atoms with Gasteiger partial charge < -0.3 is 4.90 Å². The topological polar surface area (TPSA) is 57.7 Å². The summed E-state index contributed by atoms with van der Waals surface area (Å²) < 4.78 is 24.6. The first kappa shape index (κ1) is 14.0. The van der Waals surface area contributed by atoms with Crippen LogP contribution < -0.4 is 4.90 Å². The van der Waals surface area contributed by atoms with E-state index in [0.717, 1.165) is 28.4 Å². The molecule has 0 radical (unpaired) electrons. The largest absolute Gasteiger partial charge is 0.311 e. The van der Waals surface area contributed by atoms with Crippen molar-refractivity contribution in [1.82, 2.24) is 4.31 Å². The molecule has 0 fully saturated rings. The molecule has 0 unspecified atom stereocenters. The Kier molecular flexibility index (Phi) is 3.91. The van der Waals surface area contributed by atoms with Crippen molar-refractivity contribution in [1.29, 1.82) is 0 Å². The zero-order valence-electron chi connectivity index (χ0n) is 11.2. The summed E-state index contributed by atoms with van der Waals surface area (Å²) in [6.07, 6.45) is 1.80. The first-order valence-corrected chi connectivity index (χ1v) is 7.81. The normalized spacial score (nSPS) is 15.4. The average molecular weight is 282 g/mol. The van der Waals surface area contributed by atoms with Gasteiger partial charge in [-0.3, -0.25) is 4.79 Å². The molecule has 0 spiro atoms. The maximum absolute atomic E-state index is 12.2. The van der Waals surface area contributed by atoms with Crippen LogP contribution in [0.4, 0.5) is 5.69 Å². The Morgan fingerprint density at radius 3 is 2.68 bits per heavy atom. The molecule has 1 amide bonds. The Morgan fingerprint density at radius 2 is 2.00 bits per heavy atom. The molecule has 1 aromatic rings. The smallest absolute Gasteiger partial charge is 0.243 e. The van der Waals surface area contributed by atoms with Crippen molar-refractivity contribution >= 4 is 21.6 Å².